The number of amides is 3. The molecule has 1 fully saturated rings. The number of carbonyl (C=O) groups is 2. The molecule has 1 aliphatic rings. The molecule has 0 saturated carbocycles. The van der Waals surface area contributed by atoms with E-state index < -0.39 is 6.03 Å². The molecule has 2 rings (SSSR count). The predicted octanol–water partition coefficient (Wildman–Crippen LogP) is 1.09. The molecule has 0 aliphatic carbocycles. The first kappa shape index (κ1) is 14.4. The van der Waals surface area contributed by atoms with E-state index in [0.717, 1.165) is 18.4 Å². The molecule has 5 nitrogen and oxygen atoms in total. The SMILES string of the molecule is NC(=O)NC1CCN(C(=O)[CH]Cc2ccccc2)CC1. The maximum atomic E-state index is 12.1. The van der Waals surface area contributed by atoms with E-state index in [-0.39, 0.29) is 11.9 Å². The van der Waals surface area contributed by atoms with E-state index in [0.29, 0.717) is 19.5 Å². The third-order valence-corrected chi connectivity index (χ3v) is 3.51. The highest BCUT2D eigenvalue weighted by Gasteiger charge is 2.23. The lowest BCUT2D eigenvalue weighted by Crippen LogP contribution is -2.48. The Labute approximate surface area is 119 Å². The third kappa shape index (κ3) is 4.26. The molecule has 107 valence electrons. The van der Waals surface area contributed by atoms with Gasteiger partial charge < -0.3 is 16.0 Å². The van der Waals surface area contributed by atoms with Crippen molar-refractivity contribution < 1.29 is 9.59 Å². The molecule has 1 aromatic rings. The number of carbonyl (C=O) groups excluding carboxylic acids is 2. The van der Waals surface area contributed by atoms with Crippen LogP contribution in [-0.4, -0.2) is 36.0 Å². The van der Waals surface area contributed by atoms with Gasteiger partial charge in [-0.1, -0.05) is 30.3 Å². The van der Waals surface area contributed by atoms with Gasteiger partial charge in [0.15, 0.2) is 0 Å². The molecule has 0 atom stereocenters. The van der Waals surface area contributed by atoms with Crippen LogP contribution in [0.3, 0.4) is 0 Å². The molecule has 3 N–H and O–H groups in total. The number of piperidine rings is 1. The Kier molecular flexibility index (Phi) is 4.98. The van der Waals surface area contributed by atoms with Crippen molar-refractivity contribution in [1.82, 2.24) is 10.2 Å². The van der Waals surface area contributed by atoms with Crippen LogP contribution in [0.1, 0.15) is 18.4 Å². The quantitative estimate of drug-likeness (QED) is 0.862. The lowest BCUT2D eigenvalue weighted by atomic mass is 10.0. The summed E-state index contributed by atoms with van der Waals surface area (Å²) in [6, 6.07) is 9.50. The number of nitrogens with one attached hydrogen (secondary N) is 1. The second kappa shape index (κ2) is 6.93. The Hall–Kier alpha value is -2.04. The summed E-state index contributed by atoms with van der Waals surface area (Å²) in [5.74, 6) is 0.0615. The molecule has 5 heteroatoms. The maximum absolute atomic E-state index is 12.1. The van der Waals surface area contributed by atoms with Crippen molar-refractivity contribution in [3.8, 4) is 0 Å². The zero-order valence-electron chi connectivity index (χ0n) is 11.4. The molecule has 1 aromatic carbocycles. The van der Waals surface area contributed by atoms with Crippen LogP contribution < -0.4 is 11.1 Å². The fourth-order valence-electron chi connectivity index (χ4n) is 2.39. The van der Waals surface area contributed by atoms with Crippen LogP contribution in [0.2, 0.25) is 0 Å². The molecule has 20 heavy (non-hydrogen) atoms. The van der Waals surface area contributed by atoms with E-state index in [4.69, 9.17) is 5.73 Å². The Balaban J connectivity index is 1.73. The standard InChI is InChI=1S/C15H20N3O2/c16-15(20)17-13-8-10-18(11-9-13)14(19)7-6-12-4-2-1-3-5-12/h1-5,7,13H,6,8-11H2,(H3,16,17,20). The van der Waals surface area contributed by atoms with Gasteiger partial charge in [-0.2, -0.15) is 0 Å². The summed E-state index contributed by atoms with van der Waals surface area (Å²) in [4.78, 5) is 24.6. The average molecular weight is 274 g/mol. The number of hydrogen-bond acceptors (Lipinski definition) is 2. The minimum absolute atomic E-state index is 0.0615. The highest BCUT2D eigenvalue weighted by atomic mass is 16.2. The van der Waals surface area contributed by atoms with Crippen LogP contribution in [-0.2, 0) is 11.2 Å². The van der Waals surface area contributed by atoms with Crippen molar-refractivity contribution in [3.63, 3.8) is 0 Å². The number of primary amides is 1. The minimum atomic E-state index is -0.495. The van der Waals surface area contributed by atoms with Gasteiger partial charge in [-0.05, 0) is 24.8 Å². The Morgan fingerprint density at radius 1 is 1.25 bits per heavy atom. The van der Waals surface area contributed by atoms with Crippen molar-refractivity contribution in [3.05, 3.63) is 42.3 Å². The van der Waals surface area contributed by atoms with Gasteiger partial charge in [0.25, 0.3) is 0 Å². The average Bonchev–Trinajstić information content (AvgIpc) is 2.46. The molecular weight excluding hydrogens is 254 g/mol. The predicted molar refractivity (Wildman–Crippen MR) is 76.8 cm³/mol. The highest BCUT2D eigenvalue weighted by Crippen LogP contribution is 2.12. The van der Waals surface area contributed by atoms with E-state index in [9.17, 15) is 9.59 Å². The van der Waals surface area contributed by atoms with Crippen molar-refractivity contribution in [2.45, 2.75) is 25.3 Å². The maximum Gasteiger partial charge on any atom is 0.312 e. The second-order valence-electron chi connectivity index (χ2n) is 5.00. The Morgan fingerprint density at radius 3 is 2.50 bits per heavy atom. The van der Waals surface area contributed by atoms with Gasteiger partial charge in [0.05, 0.1) is 6.42 Å². The van der Waals surface area contributed by atoms with Crippen molar-refractivity contribution >= 4 is 11.9 Å². The van der Waals surface area contributed by atoms with Crippen LogP contribution >= 0.6 is 0 Å². The summed E-state index contributed by atoms with van der Waals surface area (Å²) in [6.07, 6.45) is 3.89. The zero-order valence-corrected chi connectivity index (χ0v) is 11.4. The Morgan fingerprint density at radius 2 is 1.90 bits per heavy atom. The van der Waals surface area contributed by atoms with Crippen LogP contribution in [0.4, 0.5) is 4.79 Å². The van der Waals surface area contributed by atoms with Crippen LogP contribution in [0.25, 0.3) is 0 Å². The Bertz CT molecular complexity index is 453. The molecule has 1 aliphatic heterocycles. The highest BCUT2D eigenvalue weighted by molar-refractivity contribution is 5.85. The van der Waals surface area contributed by atoms with Gasteiger partial charge in [0.2, 0.25) is 5.91 Å². The van der Waals surface area contributed by atoms with Gasteiger partial charge >= 0.3 is 6.03 Å². The second-order valence-corrected chi connectivity index (χ2v) is 5.00. The van der Waals surface area contributed by atoms with E-state index in [1.807, 2.05) is 35.2 Å². The van der Waals surface area contributed by atoms with Gasteiger partial charge in [-0.3, -0.25) is 4.79 Å². The monoisotopic (exact) mass is 274 g/mol. The number of nitrogens with two attached hydrogens (primary N) is 1. The van der Waals surface area contributed by atoms with Crippen molar-refractivity contribution in [1.29, 1.82) is 0 Å². The molecule has 1 heterocycles. The van der Waals surface area contributed by atoms with Crippen molar-refractivity contribution in [2.24, 2.45) is 5.73 Å². The molecule has 0 aromatic heterocycles. The molecule has 3 amide bonds. The molecule has 1 saturated heterocycles. The van der Waals surface area contributed by atoms with Crippen LogP contribution in [0.15, 0.2) is 30.3 Å². The molecule has 0 unspecified atom stereocenters. The fourth-order valence-corrected chi connectivity index (χ4v) is 2.39. The first-order valence-electron chi connectivity index (χ1n) is 6.87. The first-order valence-corrected chi connectivity index (χ1v) is 6.87. The molecular formula is C15H20N3O2. The summed E-state index contributed by atoms with van der Waals surface area (Å²) >= 11 is 0. The van der Waals surface area contributed by atoms with Gasteiger partial charge in [0.1, 0.15) is 0 Å². The topological polar surface area (TPSA) is 75.4 Å². The van der Waals surface area contributed by atoms with E-state index in [1.165, 1.54) is 0 Å². The summed E-state index contributed by atoms with van der Waals surface area (Å²) in [7, 11) is 0. The van der Waals surface area contributed by atoms with Gasteiger partial charge in [-0.25, -0.2) is 4.79 Å². The fraction of sp³-hybridized carbons (Fsp3) is 0.400. The minimum Gasteiger partial charge on any atom is -0.352 e. The zero-order chi connectivity index (χ0) is 14.4. The number of hydrogen-bond donors (Lipinski definition) is 2. The van der Waals surface area contributed by atoms with Crippen molar-refractivity contribution in [2.75, 3.05) is 13.1 Å². The number of rotatable bonds is 4. The van der Waals surface area contributed by atoms with Crippen LogP contribution in [0.5, 0.6) is 0 Å². The number of benzene rings is 1. The van der Waals surface area contributed by atoms with Crippen LogP contribution in [0, 0.1) is 6.42 Å². The summed E-state index contributed by atoms with van der Waals surface area (Å²) in [5, 5.41) is 2.69. The lowest BCUT2D eigenvalue weighted by molar-refractivity contribution is -0.128. The normalized spacial score (nSPS) is 15.9. The first-order chi connectivity index (χ1) is 9.65. The number of nitrogens with zero attached hydrogens (tertiary/aromatic N) is 1. The molecule has 0 spiro atoms. The summed E-state index contributed by atoms with van der Waals surface area (Å²) < 4.78 is 0. The van der Waals surface area contributed by atoms with E-state index >= 15 is 0 Å². The van der Waals surface area contributed by atoms with Gasteiger partial charge in [0, 0.05) is 19.1 Å². The molecule has 1 radical (unpaired) electrons. The largest absolute Gasteiger partial charge is 0.352 e. The van der Waals surface area contributed by atoms with E-state index in [2.05, 4.69) is 5.32 Å². The van der Waals surface area contributed by atoms with Gasteiger partial charge in [-0.15, -0.1) is 0 Å². The lowest BCUT2D eigenvalue weighted by Gasteiger charge is -2.32. The van der Waals surface area contributed by atoms with E-state index in [1.54, 1.807) is 6.42 Å². The summed E-state index contributed by atoms with van der Waals surface area (Å²) in [5.41, 5.74) is 6.22. The third-order valence-electron chi connectivity index (χ3n) is 3.51. The number of likely N-dealkylation sites (tertiary alicyclic amines) is 1. The molecule has 0 bridgehead atoms. The number of urea groups is 1. The summed E-state index contributed by atoms with van der Waals surface area (Å²) in [6.45, 7) is 1.32. The smallest absolute Gasteiger partial charge is 0.312 e.